The lowest BCUT2D eigenvalue weighted by molar-refractivity contribution is 0.415. The summed E-state index contributed by atoms with van der Waals surface area (Å²) in [6, 6.07) is 6.02. The number of methoxy groups -OCH3 is 1. The number of fused-ring (bicyclic) bond motifs is 1. The molecule has 1 aromatic carbocycles. The lowest BCUT2D eigenvalue weighted by Crippen LogP contribution is -1.80. The second-order valence-corrected chi connectivity index (χ2v) is 3.44. The van der Waals surface area contributed by atoms with E-state index >= 15 is 0 Å². The highest BCUT2D eigenvalue weighted by atomic mass is 32.1. The van der Waals surface area contributed by atoms with Gasteiger partial charge in [-0.2, -0.15) is 4.37 Å². The Morgan fingerprint density at radius 2 is 2.25 bits per heavy atom. The smallest absolute Gasteiger partial charge is 0.120 e. The number of ether oxygens (including phenoxy) is 1. The van der Waals surface area contributed by atoms with Crippen LogP contribution < -0.4 is 4.74 Å². The Bertz CT molecular complexity index is 408. The normalized spacial score (nSPS) is 10.5. The van der Waals surface area contributed by atoms with Gasteiger partial charge in [0.05, 0.1) is 17.5 Å². The zero-order valence-corrected chi connectivity index (χ0v) is 7.81. The number of hydrogen-bond acceptors (Lipinski definition) is 3. The number of hydrogen-bond donors (Lipinski definition) is 0. The highest BCUT2D eigenvalue weighted by Crippen LogP contribution is 2.26. The Kier molecular flexibility index (Phi) is 1.73. The summed E-state index contributed by atoms with van der Waals surface area (Å²) in [6.45, 7) is 2.02. The lowest BCUT2D eigenvalue weighted by Gasteiger charge is -1.97. The zero-order valence-electron chi connectivity index (χ0n) is 7.00. The molecule has 0 aliphatic carbocycles. The average Bonchev–Trinajstić information content (AvgIpc) is 2.47. The standard InChI is InChI=1S/C9H9NOS/c1-6-8-4-3-7(11-2)5-9(8)12-10-6/h3-5H,1-2H3. The molecule has 2 nitrogen and oxygen atoms in total. The van der Waals surface area contributed by atoms with Crippen molar-refractivity contribution in [3.63, 3.8) is 0 Å². The zero-order chi connectivity index (χ0) is 8.55. The van der Waals surface area contributed by atoms with Crippen LogP contribution in [0.5, 0.6) is 5.75 Å². The first-order chi connectivity index (χ1) is 5.81. The maximum atomic E-state index is 5.11. The molecule has 3 heteroatoms. The van der Waals surface area contributed by atoms with Gasteiger partial charge in [-0.3, -0.25) is 0 Å². The van der Waals surface area contributed by atoms with Gasteiger partial charge in [0, 0.05) is 5.39 Å². The maximum Gasteiger partial charge on any atom is 0.120 e. The molecule has 0 atom stereocenters. The Labute approximate surface area is 75.0 Å². The van der Waals surface area contributed by atoms with Crippen LogP contribution in [0, 0.1) is 6.92 Å². The van der Waals surface area contributed by atoms with E-state index in [2.05, 4.69) is 4.37 Å². The van der Waals surface area contributed by atoms with Gasteiger partial charge in [0.2, 0.25) is 0 Å². The van der Waals surface area contributed by atoms with Crippen LogP contribution in [0.15, 0.2) is 18.2 Å². The van der Waals surface area contributed by atoms with Crippen molar-refractivity contribution in [2.24, 2.45) is 0 Å². The third-order valence-corrected chi connectivity index (χ3v) is 2.76. The fourth-order valence-corrected chi connectivity index (χ4v) is 1.99. The van der Waals surface area contributed by atoms with Gasteiger partial charge < -0.3 is 4.74 Å². The van der Waals surface area contributed by atoms with Crippen LogP contribution in [-0.2, 0) is 0 Å². The molecule has 0 N–H and O–H groups in total. The third kappa shape index (κ3) is 1.06. The largest absolute Gasteiger partial charge is 0.497 e. The van der Waals surface area contributed by atoms with E-state index in [-0.39, 0.29) is 0 Å². The monoisotopic (exact) mass is 179 g/mol. The van der Waals surface area contributed by atoms with Crippen LogP contribution in [0.4, 0.5) is 0 Å². The molecule has 2 rings (SSSR count). The summed E-state index contributed by atoms with van der Waals surface area (Å²) in [5.74, 6) is 0.895. The molecule has 12 heavy (non-hydrogen) atoms. The highest BCUT2D eigenvalue weighted by Gasteiger charge is 2.01. The average molecular weight is 179 g/mol. The molecular weight excluding hydrogens is 170 g/mol. The molecule has 0 spiro atoms. The van der Waals surface area contributed by atoms with Crippen molar-refractivity contribution in [2.75, 3.05) is 7.11 Å². The van der Waals surface area contributed by atoms with Crippen molar-refractivity contribution < 1.29 is 4.74 Å². The SMILES string of the molecule is COc1ccc2c(C)nsc2c1. The summed E-state index contributed by atoms with van der Waals surface area (Å²) in [4.78, 5) is 0. The van der Waals surface area contributed by atoms with E-state index in [1.165, 1.54) is 21.6 Å². The van der Waals surface area contributed by atoms with Gasteiger partial charge in [-0.15, -0.1) is 0 Å². The second-order valence-electron chi connectivity index (χ2n) is 2.63. The number of benzene rings is 1. The number of rotatable bonds is 1. The van der Waals surface area contributed by atoms with Gasteiger partial charge in [-0.05, 0) is 36.7 Å². The van der Waals surface area contributed by atoms with Gasteiger partial charge in [0.25, 0.3) is 0 Å². The molecule has 0 unspecified atom stereocenters. The van der Waals surface area contributed by atoms with Crippen LogP contribution in [0.1, 0.15) is 5.69 Å². The number of aryl methyl sites for hydroxylation is 1. The van der Waals surface area contributed by atoms with E-state index in [0.717, 1.165) is 11.4 Å². The summed E-state index contributed by atoms with van der Waals surface area (Å²) in [5, 5.41) is 1.22. The number of aromatic nitrogens is 1. The minimum atomic E-state index is 0.895. The van der Waals surface area contributed by atoms with Crippen molar-refractivity contribution in [3.05, 3.63) is 23.9 Å². The van der Waals surface area contributed by atoms with E-state index in [4.69, 9.17) is 4.74 Å². The van der Waals surface area contributed by atoms with E-state index in [1.54, 1.807) is 7.11 Å². The van der Waals surface area contributed by atoms with E-state index in [9.17, 15) is 0 Å². The maximum absolute atomic E-state index is 5.11. The fourth-order valence-electron chi connectivity index (χ4n) is 1.17. The second kappa shape index (κ2) is 2.75. The first-order valence-corrected chi connectivity index (χ1v) is 4.48. The molecule has 0 bridgehead atoms. The first kappa shape index (κ1) is 7.55. The fraction of sp³-hybridized carbons (Fsp3) is 0.222. The molecule has 0 saturated carbocycles. The molecule has 0 radical (unpaired) electrons. The molecule has 1 heterocycles. The molecular formula is C9H9NOS. The predicted molar refractivity (Wildman–Crippen MR) is 50.9 cm³/mol. The molecule has 0 aliphatic rings. The predicted octanol–water partition coefficient (Wildman–Crippen LogP) is 2.61. The van der Waals surface area contributed by atoms with Crippen molar-refractivity contribution in [1.82, 2.24) is 4.37 Å². The summed E-state index contributed by atoms with van der Waals surface area (Å²) in [7, 11) is 1.68. The van der Waals surface area contributed by atoms with Gasteiger partial charge in [-0.25, -0.2) is 0 Å². The Balaban J connectivity index is 2.69. The van der Waals surface area contributed by atoms with Gasteiger partial charge >= 0.3 is 0 Å². The van der Waals surface area contributed by atoms with Crippen molar-refractivity contribution >= 4 is 21.6 Å². The van der Waals surface area contributed by atoms with Crippen LogP contribution in [-0.4, -0.2) is 11.5 Å². The molecule has 1 aromatic heterocycles. The van der Waals surface area contributed by atoms with Gasteiger partial charge in [-0.1, -0.05) is 0 Å². The Morgan fingerprint density at radius 3 is 3.00 bits per heavy atom. The van der Waals surface area contributed by atoms with Gasteiger partial charge in [0.15, 0.2) is 0 Å². The van der Waals surface area contributed by atoms with Crippen molar-refractivity contribution in [2.45, 2.75) is 6.92 Å². The van der Waals surface area contributed by atoms with E-state index in [0.29, 0.717) is 0 Å². The molecule has 0 fully saturated rings. The third-order valence-electron chi connectivity index (χ3n) is 1.86. The minimum Gasteiger partial charge on any atom is -0.497 e. The Hall–Kier alpha value is -1.09. The highest BCUT2D eigenvalue weighted by molar-refractivity contribution is 7.13. The van der Waals surface area contributed by atoms with E-state index in [1.807, 2.05) is 25.1 Å². The van der Waals surface area contributed by atoms with E-state index < -0.39 is 0 Å². The summed E-state index contributed by atoms with van der Waals surface area (Å²) in [6.07, 6.45) is 0. The molecule has 62 valence electrons. The van der Waals surface area contributed by atoms with Crippen LogP contribution in [0.2, 0.25) is 0 Å². The van der Waals surface area contributed by atoms with Crippen molar-refractivity contribution in [3.8, 4) is 5.75 Å². The molecule has 0 aliphatic heterocycles. The van der Waals surface area contributed by atoms with Crippen molar-refractivity contribution in [1.29, 1.82) is 0 Å². The molecule has 0 amide bonds. The summed E-state index contributed by atoms with van der Waals surface area (Å²) in [5.41, 5.74) is 1.10. The van der Waals surface area contributed by atoms with Crippen LogP contribution in [0.25, 0.3) is 10.1 Å². The minimum absolute atomic E-state index is 0.895. The summed E-state index contributed by atoms with van der Waals surface area (Å²) < 4.78 is 10.6. The van der Waals surface area contributed by atoms with Crippen LogP contribution in [0.3, 0.4) is 0 Å². The Morgan fingerprint density at radius 1 is 1.42 bits per heavy atom. The van der Waals surface area contributed by atoms with Gasteiger partial charge in [0.1, 0.15) is 5.75 Å². The topological polar surface area (TPSA) is 22.1 Å². The van der Waals surface area contributed by atoms with Crippen LogP contribution >= 0.6 is 11.5 Å². The lowest BCUT2D eigenvalue weighted by atomic mass is 10.2. The molecule has 2 aromatic rings. The molecule has 0 saturated heterocycles. The first-order valence-electron chi connectivity index (χ1n) is 3.71. The summed E-state index contributed by atoms with van der Waals surface area (Å²) >= 11 is 1.51. The number of nitrogens with zero attached hydrogens (tertiary/aromatic N) is 1. The quantitative estimate of drug-likeness (QED) is 0.671.